The summed E-state index contributed by atoms with van der Waals surface area (Å²) in [6, 6.07) is 15.6. The number of nitrogens with zero attached hydrogens (tertiary/aromatic N) is 2. The highest BCUT2D eigenvalue weighted by atomic mass is 16.2. The number of carbonyl (C=O) groups excluding carboxylic acids is 2. The third-order valence-electron chi connectivity index (χ3n) is 4.91. The number of piperazine rings is 1. The molecule has 142 valence electrons. The Labute approximate surface area is 159 Å². The van der Waals surface area contributed by atoms with Crippen LogP contribution >= 0.6 is 0 Å². The van der Waals surface area contributed by atoms with Crippen molar-refractivity contribution in [3.63, 3.8) is 0 Å². The van der Waals surface area contributed by atoms with Gasteiger partial charge in [0.1, 0.15) is 0 Å². The summed E-state index contributed by atoms with van der Waals surface area (Å²) in [5, 5.41) is 2.81. The van der Waals surface area contributed by atoms with Crippen LogP contribution in [0.15, 0.2) is 48.5 Å². The largest absolute Gasteiger partial charge is 0.366 e. The number of primary amides is 1. The van der Waals surface area contributed by atoms with Gasteiger partial charge in [0.15, 0.2) is 0 Å². The molecule has 0 unspecified atom stereocenters. The highest BCUT2D eigenvalue weighted by Gasteiger charge is 2.25. The van der Waals surface area contributed by atoms with E-state index in [9.17, 15) is 9.59 Å². The van der Waals surface area contributed by atoms with Crippen LogP contribution in [0.4, 0.5) is 11.4 Å². The quantitative estimate of drug-likeness (QED) is 0.851. The molecule has 3 rings (SSSR count). The van der Waals surface area contributed by atoms with Crippen molar-refractivity contribution in [1.82, 2.24) is 4.90 Å². The van der Waals surface area contributed by atoms with Crippen LogP contribution in [-0.2, 0) is 4.79 Å². The Morgan fingerprint density at radius 2 is 1.81 bits per heavy atom. The number of benzene rings is 2. The van der Waals surface area contributed by atoms with E-state index in [-0.39, 0.29) is 5.91 Å². The molecule has 0 aliphatic carbocycles. The van der Waals surface area contributed by atoms with Gasteiger partial charge in [-0.05, 0) is 38.1 Å². The standard InChI is InChI=1S/C21H26N4O2/c1-15-7-9-17(10-8-15)25-12-11-24(13-16(25)2)14-20(26)23-19-6-4-3-5-18(19)21(22)27/h3-10,16H,11-14H2,1-2H3,(H2,22,27)(H,23,26)/t16-/m0/s1. The Kier molecular flexibility index (Phi) is 5.76. The Morgan fingerprint density at radius 3 is 2.48 bits per heavy atom. The maximum absolute atomic E-state index is 12.4. The number of nitrogens with one attached hydrogen (secondary N) is 1. The number of nitrogens with two attached hydrogens (primary N) is 1. The molecule has 1 fully saturated rings. The Morgan fingerprint density at radius 1 is 1.11 bits per heavy atom. The van der Waals surface area contributed by atoms with E-state index in [4.69, 9.17) is 5.73 Å². The average Bonchev–Trinajstić information content (AvgIpc) is 2.63. The number of amides is 2. The normalized spacial score (nSPS) is 17.6. The average molecular weight is 366 g/mol. The topological polar surface area (TPSA) is 78.7 Å². The molecular weight excluding hydrogens is 340 g/mol. The van der Waals surface area contributed by atoms with Crippen molar-refractivity contribution < 1.29 is 9.59 Å². The first-order chi connectivity index (χ1) is 12.9. The number of hydrogen-bond donors (Lipinski definition) is 2. The summed E-state index contributed by atoms with van der Waals surface area (Å²) in [5.74, 6) is -0.689. The number of hydrogen-bond acceptors (Lipinski definition) is 4. The van der Waals surface area contributed by atoms with Gasteiger partial charge in [-0.15, -0.1) is 0 Å². The van der Waals surface area contributed by atoms with Crippen LogP contribution in [0, 0.1) is 6.92 Å². The lowest BCUT2D eigenvalue weighted by molar-refractivity contribution is -0.117. The van der Waals surface area contributed by atoms with Gasteiger partial charge in [-0.3, -0.25) is 14.5 Å². The van der Waals surface area contributed by atoms with Gasteiger partial charge >= 0.3 is 0 Å². The second kappa shape index (κ2) is 8.22. The lowest BCUT2D eigenvalue weighted by Crippen LogP contribution is -2.53. The van der Waals surface area contributed by atoms with Crippen molar-refractivity contribution in [1.29, 1.82) is 0 Å². The molecule has 0 bridgehead atoms. The van der Waals surface area contributed by atoms with Crippen LogP contribution in [0.2, 0.25) is 0 Å². The van der Waals surface area contributed by atoms with Crippen LogP contribution in [0.5, 0.6) is 0 Å². The molecule has 1 aliphatic rings. The third-order valence-corrected chi connectivity index (χ3v) is 4.91. The molecule has 0 spiro atoms. The smallest absolute Gasteiger partial charge is 0.250 e. The van der Waals surface area contributed by atoms with Gasteiger partial charge in [0.25, 0.3) is 5.91 Å². The van der Waals surface area contributed by atoms with Crippen LogP contribution in [0.25, 0.3) is 0 Å². The molecular formula is C21H26N4O2. The molecule has 27 heavy (non-hydrogen) atoms. The predicted molar refractivity (Wildman–Crippen MR) is 108 cm³/mol. The monoisotopic (exact) mass is 366 g/mol. The maximum Gasteiger partial charge on any atom is 0.250 e. The van der Waals surface area contributed by atoms with E-state index in [1.165, 1.54) is 11.3 Å². The van der Waals surface area contributed by atoms with Crippen molar-refractivity contribution in [2.24, 2.45) is 5.73 Å². The molecule has 1 heterocycles. The minimum Gasteiger partial charge on any atom is -0.366 e. The summed E-state index contributed by atoms with van der Waals surface area (Å²) in [4.78, 5) is 28.4. The molecule has 0 radical (unpaired) electrons. The van der Waals surface area contributed by atoms with E-state index in [0.29, 0.717) is 23.8 Å². The SMILES string of the molecule is Cc1ccc(N2CCN(CC(=O)Nc3ccccc3C(N)=O)C[C@@H]2C)cc1. The zero-order valence-corrected chi connectivity index (χ0v) is 15.8. The molecule has 2 aromatic carbocycles. The first kappa shape index (κ1) is 18.9. The molecule has 1 atom stereocenters. The number of aryl methyl sites for hydroxylation is 1. The van der Waals surface area contributed by atoms with E-state index < -0.39 is 5.91 Å². The first-order valence-electron chi connectivity index (χ1n) is 9.18. The number of carbonyl (C=O) groups is 2. The molecule has 2 amide bonds. The summed E-state index contributed by atoms with van der Waals surface area (Å²) >= 11 is 0. The minimum atomic E-state index is -0.550. The molecule has 3 N–H and O–H groups in total. The summed E-state index contributed by atoms with van der Waals surface area (Å²) in [6.07, 6.45) is 0. The Bertz CT molecular complexity index is 819. The van der Waals surface area contributed by atoms with Gasteiger partial charge in [0, 0.05) is 31.4 Å². The molecule has 0 saturated carbocycles. The van der Waals surface area contributed by atoms with E-state index in [1.807, 2.05) is 0 Å². The fraction of sp³-hybridized carbons (Fsp3) is 0.333. The molecule has 1 saturated heterocycles. The zero-order valence-electron chi connectivity index (χ0n) is 15.8. The molecule has 6 nitrogen and oxygen atoms in total. The Hall–Kier alpha value is -2.86. The molecule has 1 aliphatic heterocycles. The van der Waals surface area contributed by atoms with Crippen molar-refractivity contribution in [3.8, 4) is 0 Å². The van der Waals surface area contributed by atoms with Gasteiger partial charge in [-0.2, -0.15) is 0 Å². The van der Waals surface area contributed by atoms with Gasteiger partial charge in [-0.1, -0.05) is 29.8 Å². The van der Waals surface area contributed by atoms with Gasteiger partial charge in [0.2, 0.25) is 5.91 Å². The van der Waals surface area contributed by atoms with Crippen LogP contribution in [0.1, 0.15) is 22.8 Å². The van der Waals surface area contributed by atoms with Crippen LogP contribution < -0.4 is 16.0 Å². The second-order valence-corrected chi connectivity index (χ2v) is 7.07. The second-order valence-electron chi connectivity index (χ2n) is 7.07. The number of rotatable bonds is 5. The van der Waals surface area contributed by atoms with Gasteiger partial charge < -0.3 is 16.0 Å². The van der Waals surface area contributed by atoms with Crippen molar-refractivity contribution >= 4 is 23.2 Å². The lowest BCUT2D eigenvalue weighted by atomic mass is 10.1. The summed E-state index contributed by atoms with van der Waals surface area (Å²) < 4.78 is 0. The Balaban J connectivity index is 1.57. The van der Waals surface area contributed by atoms with Crippen molar-refractivity contribution in [2.45, 2.75) is 19.9 Å². The summed E-state index contributed by atoms with van der Waals surface area (Å²) in [5.41, 5.74) is 8.61. The fourth-order valence-corrected chi connectivity index (χ4v) is 3.50. The highest BCUT2D eigenvalue weighted by molar-refractivity contribution is 6.03. The fourth-order valence-electron chi connectivity index (χ4n) is 3.50. The zero-order chi connectivity index (χ0) is 19.4. The molecule has 2 aromatic rings. The highest BCUT2D eigenvalue weighted by Crippen LogP contribution is 2.21. The minimum absolute atomic E-state index is 0.139. The molecule has 6 heteroatoms. The third kappa shape index (κ3) is 4.65. The van der Waals surface area contributed by atoms with Crippen LogP contribution in [-0.4, -0.2) is 48.9 Å². The number of para-hydroxylation sites is 1. The molecule has 0 aromatic heterocycles. The van der Waals surface area contributed by atoms with Crippen LogP contribution in [0.3, 0.4) is 0 Å². The predicted octanol–water partition coefficient (Wildman–Crippen LogP) is 2.24. The van der Waals surface area contributed by atoms with Gasteiger partial charge in [-0.25, -0.2) is 0 Å². The van der Waals surface area contributed by atoms with Crippen molar-refractivity contribution in [3.05, 3.63) is 59.7 Å². The summed E-state index contributed by atoms with van der Waals surface area (Å²) in [7, 11) is 0. The maximum atomic E-state index is 12.4. The van der Waals surface area contributed by atoms with Crippen molar-refractivity contribution in [2.75, 3.05) is 36.4 Å². The van der Waals surface area contributed by atoms with E-state index in [1.54, 1.807) is 24.3 Å². The van der Waals surface area contributed by atoms with Gasteiger partial charge in [0.05, 0.1) is 17.8 Å². The lowest BCUT2D eigenvalue weighted by Gasteiger charge is -2.41. The summed E-state index contributed by atoms with van der Waals surface area (Å²) in [6.45, 7) is 7.03. The first-order valence-corrected chi connectivity index (χ1v) is 9.18. The van der Waals surface area contributed by atoms with E-state index in [2.05, 4.69) is 53.2 Å². The van der Waals surface area contributed by atoms with E-state index >= 15 is 0 Å². The van der Waals surface area contributed by atoms with E-state index in [0.717, 1.165) is 19.6 Å². The number of anilines is 2.